The number of likely N-dealkylation sites (N-methyl/N-ethyl adjacent to an activating group) is 1. The Bertz CT molecular complexity index is 224. The SMILES string of the molecule is CCCCCC/C=C/SC1=NCCN1C. The number of amidine groups is 1. The zero-order valence-electron chi connectivity index (χ0n) is 9.91. The average molecular weight is 226 g/mol. The zero-order chi connectivity index (χ0) is 10.9. The highest BCUT2D eigenvalue weighted by atomic mass is 32.2. The Hall–Kier alpha value is -0.440. The van der Waals surface area contributed by atoms with Crippen molar-refractivity contribution in [3.8, 4) is 0 Å². The van der Waals surface area contributed by atoms with E-state index in [1.165, 1.54) is 37.3 Å². The van der Waals surface area contributed by atoms with Gasteiger partial charge in [0.25, 0.3) is 0 Å². The van der Waals surface area contributed by atoms with Crippen molar-refractivity contribution in [2.75, 3.05) is 20.1 Å². The first-order chi connectivity index (χ1) is 7.34. The van der Waals surface area contributed by atoms with Gasteiger partial charge in [0.2, 0.25) is 0 Å². The monoisotopic (exact) mass is 226 g/mol. The Morgan fingerprint density at radius 1 is 1.40 bits per heavy atom. The quantitative estimate of drug-likeness (QED) is 0.644. The summed E-state index contributed by atoms with van der Waals surface area (Å²) >= 11 is 1.75. The van der Waals surface area contributed by atoms with Crippen LogP contribution < -0.4 is 0 Å². The fourth-order valence-electron chi connectivity index (χ4n) is 1.51. The maximum Gasteiger partial charge on any atom is 0.163 e. The van der Waals surface area contributed by atoms with Crippen LogP contribution in [0, 0.1) is 0 Å². The number of thioether (sulfide) groups is 1. The molecule has 86 valence electrons. The Morgan fingerprint density at radius 3 is 2.93 bits per heavy atom. The molecular weight excluding hydrogens is 204 g/mol. The van der Waals surface area contributed by atoms with Crippen molar-refractivity contribution in [1.82, 2.24) is 4.90 Å². The van der Waals surface area contributed by atoms with E-state index in [4.69, 9.17) is 0 Å². The molecule has 15 heavy (non-hydrogen) atoms. The summed E-state index contributed by atoms with van der Waals surface area (Å²) in [6, 6.07) is 0. The van der Waals surface area contributed by atoms with Crippen LogP contribution in [0.5, 0.6) is 0 Å². The third-order valence-corrected chi connectivity index (χ3v) is 3.48. The van der Waals surface area contributed by atoms with Crippen LogP contribution in [0.4, 0.5) is 0 Å². The first-order valence-electron chi connectivity index (χ1n) is 5.92. The van der Waals surface area contributed by atoms with E-state index in [-0.39, 0.29) is 0 Å². The molecule has 1 rings (SSSR count). The van der Waals surface area contributed by atoms with Crippen molar-refractivity contribution in [2.45, 2.75) is 39.0 Å². The summed E-state index contributed by atoms with van der Waals surface area (Å²) in [6.45, 7) is 4.29. The first-order valence-corrected chi connectivity index (χ1v) is 6.80. The normalized spacial score (nSPS) is 16.4. The molecule has 0 amide bonds. The molecule has 0 aromatic carbocycles. The van der Waals surface area contributed by atoms with Gasteiger partial charge < -0.3 is 4.90 Å². The molecule has 0 atom stereocenters. The molecule has 0 radical (unpaired) electrons. The molecule has 0 spiro atoms. The number of hydrogen-bond donors (Lipinski definition) is 0. The standard InChI is InChI=1S/C12H22N2S/c1-3-4-5-6-7-8-11-15-12-13-9-10-14(12)2/h8,11H,3-7,9-10H2,1-2H3/b11-8+. The minimum atomic E-state index is 0.961. The highest BCUT2D eigenvalue weighted by Crippen LogP contribution is 2.14. The van der Waals surface area contributed by atoms with E-state index in [1.54, 1.807) is 11.8 Å². The Balaban J connectivity index is 2.01. The summed E-state index contributed by atoms with van der Waals surface area (Å²) in [5.74, 6) is 0. The lowest BCUT2D eigenvalue weighted by atomic mass is 10.2. The van der Waals surface area contributed by atoms with Gasteiger partial charge in [0.1, 0.15) is 0 Å². The number of aliphatic imine (C=N–C) groups is 1. The van der Waals surface area contributed by atoms with E-state index in [9.17, 15) is 0 Å². The molecule has 0 saturated heterocycles. The Morgan fingerprint density at radius 2 is 2.27 bits per heavy atom. The van der Waals surface area contributed by atoms with Crippen molar-refractivity contribution in [2.24, 2.45) is 4.99 Å². The van der Waals surface area contributed by atoms with Crippen LogP contribution in [0.15, 0.2) is 16.5 Å². The lowest BCUT2D eigenvalue weighted by molar-refractivity contribution is 0.564. The summed E-state index contributed by atoms with van der Waals surface area (Å²) < 4.78 is 0. The van der Waals surface area contributed by atoms with Crippen LogP contribution in [-0.4, -0.2) is 30.2 Å². The molecule has 1 heterocycles. The van der Waals surface area contributed by atoms with Crippen molar-refractivity contribution in [3.63, 3.8) is 0 Å². The Kier molecular flexibility index (Phi) is 6.57. The van der Waals surface area contributed by atoms with E-state index < -0.39 is 0 Å². The number of hydrogen-bond acceptors (Lipinski definition) is 3. The molecule has 0 aromatic rings. The van der Waals surface area contributed by atoms with Gasteiger partial charge in [-0.25, -0.2) is 0 Å². The van der Waals surface area contributed by atoms with Crippen LogP contribution in [0.25, 0.3) is 0 Å². The van der Waals surface area contributed by atoms with Crippen LogP contribution in [-0.2, 0) is 0 Å². The number of nitrogens with zero attached hydrogens (tertiary/aromatic N) is 2. The van der Waals surface area contributed by atoms with E-state index in [2.05, 4.69) is 35.3 Å². The smallest absolute Gasteiger partial charge is 0.163 e. The van der Waals surface area contributed by atoms with Gasteiger partial charge in [-0.2, -0.15) is 0 Å². The summed E-state index contributed by atoms with van der Waals surface area (Å²) in [7, 11) is 2.11. The van der Waals surface area contributed by atoms with Crippen LogP contribution in [0.2, 0.25) is 0 Å². The summed E-state index contributed by atoms with van der Waals surface area (Å²) in [4.78, 5) is 6.63. The highest BCUT2D eigenvalue weighted by Gasteiger charge is 2.10. The second-order valence-corrected chi connectivity index (χ2v) is 4.80. The maximum absolute atomic E-state index is 4.42. The largest absolute Gasteiger partial charge is 0.352 e. The second kappa shape index (κ2) is 7.80. The lowest BCUT2D eigenvalue weighted by Crippen LogP contribution is -2.19. The van der Waals surface area contributed by atoms with Gasteiger partial charge in [0.15, 0.2) is 5.17 Å². The topological polar surface area (TPSA) is 15.6 Å². The molecular formula is C12H22N2S. The van der Waals surface area contributed by atoms with E-state index in [0.717, 1.165) is 13.1 Å². The zero-order valence-corrected chi connectivity index (χ0v) is 10.7. The molecule has 2 nitrogen and oxygen atoms in total. The number of allylic oxidation sites excluding steroid dienone is 1. The van der Waals surface area contributed by atoms with Gasteiger partial charge in [-0.1, -0.05) is 44.0 Å². The minimum absolute atomic E-state index is 0.961. The number of unbranched alkanes of at least 4 members (excludes halogenated alkanes) is 4. The van der Waals surface area contributed by atoms with Crippen LogP contribution >= 0.6 is 11.8 Å². The molecule has 0 aromatic heterocycles. The van der Waals surface area contributed by atoms with Crippen LogP contribution in [0.1, 0.15) is 39.0 Å². The molecule has 1 aliphatic rings. The fraction of sp³-hybridized carbons (Fsp3) is 0.750. The van der Waals surface area contributed by atoms with Gasteiger partial charge in [-0.3, -0.25) is 4.99 Å². The van der Waals surface area contributed by atoms with Gasteiger partial charge >= 0.3 is 0 Å². The molecule has 0 aliphatic carbocycles. The van der Waals surface area contributed by atoms with Gasteiger partial charge in [-0.05, 0) is 18.2 Å². The summed E-state index contributed by atoms with van der Waals surface area (Å²) in [6.07, 6.45) is 8.87. The molecule has 0 N–H and O–H groups in total. The Labute approximate surface area is 97.8 Å². The second-order valence-electron chi connectivity index (χ2n) is 3.92. The van der Waals surface area contributed by atoms with Crippen molar-refractivity contribution in [3.05, 3.63) is 11.5 Å². The molecule has 3 heteroatoms. The van der Waals surface area contributed by atoms with Gasteiger partial charge in [0.05, 0.1) is 6.54 Å². The minimum Gasteiger partial charge on any atom is -0.352 e. The van der Waals surface area contributed by atoms with Crippen molar-refractivity contribution in [1.29, 1.82) is 0 Å². The van der Waals surface area contributed by atoms with Crippen molar-refractivity contribution < 1.29 is 0 Å². The first kappa shape index (κ1) is 12.6. The predicted octanol–water partition coefficient (Wildman–Crippen LogP) is 3.51. The fourth-order valence-corrected chi connectivity index (χ4v) is 2.30. The third-order valence-electron chi connectivity index (χ3n) is 2.50. The van der Waals surface area contributed by atoms with E-state index >= 15 is 0 Å². The van der Waals surface area contributed by atoms with Gasteiger partial charge in [-0.15, -0.1) is 0 Å². The third kappa shape index (κ3) is 5.26. The van der Waals surface area contributed by atoms with Gasteiger partial charge in [0, 0.05) is 13.6 Å². The predicted molar refractivity (Wildman–Crippen MR) is 70.4 cm³/mol. The number of rotatable bonds is 6. The highest BCUT2D eigenvalue weighted by molar-refractivity contribution is 8.16. The molecule has 0 bridgehead atoms. The van der Waals surface area contributed by atoms with E-state index in [0.29, 0.717) is 0 Å². The van der Waals surface area contributed by atoms with E-state index in [1.807, 2.05) is 0 Å². The molecule has 0 fully saturated rings. The van der Waals surface area contributed by atoms with Crippen LogP contribution in [0.3, 0.4) is 0 Å². The van der Waals surface area contributed by atoms with Crippen molar-refractivity contribution >= 4 is 16.9 Å². The summed E-state index contributed by atoms with van der Waals surface area (Å²) in [5.41, 5.74) is 0. The summed E-state index contributed by atoms with van der Waals surface area (Å²) in [5, 5.41) is 3.35. The molecule has 1 aliphatic heterocycles. The molecule has 0 unspecified atom stereocenters. The lowest BCUT2D eigenvalue weighted by Gasteiger charge is -2.10. The average Bonchev–Trinajstić information content (AvgIpc) is 2.63. The maximum atomic E-state index is 4.42. The molecule has 0 saturated carbocycles.